The molecule has 0 bridgehead atoms. The number of aromatic nitrogens is 1. The third-order valence-corrected chi connectivity index (χ3v) is 8.11. The van der Waals surface area contributed by atoms with E-state index >= 15 is 0 Å². The van der Waals surface area contributed by atoms with E-state index in [-0.39, 0.29) is 17.9 Å². The van der Waals surface area contributed by atoms with Crippen LogP contribution in [0.4, 0.5) is 29.3 Å². The molecule has 11 nitrogen and oxygen atoms in total. The number of halogens is 3. The number of nitrogens with one attached hydrogen (secondary N) is 1. The van der Waals surface area contributed by atoms with Gasteiger partial charge >= 0.3 is 21.7 Å². The first-order valence-electron chi connectivity index (χ1n) is 9.77. The number of rotatable bonds is 7. The van der Waals surface area contributed by atoms with Crippen molar-refractivity contribution in [2.45, 2.75) is 29.9 Å². The monoisotopic (exact) mass is 535 g/mol. The van der Waals surface area contributed by atoms with Gasteiger partial charge < -0.3 is 4.90 Å². The Bertz CT molecular complexity index is 1360. The predicted octanol–water partition coefficient (Wildman–Crippen LogP) is 1.95. The summed E-state index contributed by atoms with van der Waals surface area (Å²) in [6, 6.07) is 2.78. The van der Waals surface area contributed by atoms with Crippen molar-refractivity contribution in [1.29, 1.82) is 0 Å². The van der Waals surface area contributed by atoms with Gasteiger partial charge in [-0.25, -0.2) is 18.1 Å². The molecule has 0 radical (unpaired) electrons. The van der Waals surface area contributed by atoms with E-state index in [1.165, 1.54) is 39.5 Å². The zero-order valence-corrected chi connectivity index (χ0v) is 20.1. The molecule has 1 N–H and O–H groups in total. The molecule has 190 valence electrons. The summed E-state index contributed by atoms with van der Waals surface area (Å²) in [6.45, 7) is 1.23. The number of urea groups is 1. The van der Waals surface area contributed by atoms with Gasteiger partial charge in [-0.2, -0.15) is 25.9 Å². The molecule has 1 saturated heterocycles. The van der Waals surface area contributed by atoms with Gasteiger partial charge in [0.15, 0.2) is 0 Å². The third-order valence-electron chi connectivity index (χ3n) is 5.16. The highest BCUT2D eigenvalue weighted by Crippen LogP contribution is 2.33. The first-order chi connectivity index (χ1) is 16.1. The molecule has 1 aliphatic rings. The molecule has 1 atom stereocenters. The van der Waals surface area contributed by atoms with Crippen LogP contribution in [0.3, 0.4) is 0 Å². The van der Waals surface area contributed by atoms with Crippen molar-refractivity contribution < 1.29 is 39.6 Å². The van der Waals surface area contributed by atoms with Crippen molar-refractivity contribution in [2.75, 3.05) is 23.7 Å². The lowest BCUT2D eigenvalue weighted by atomic mass is 10.2. The molecule has 35 heavy (non-hydrogen) atoms. The highest BCUT2D eigenvalue weighted by atomic mass is 32.2. The summed E-state index contributed by atoms with van der Waals surface area (Å²) in [5.74, 6) is -0.703. The smallest absolute Gasteiger partial charge is 0.308 e. The predicted molar refractivity (Wildman–Crippen MR) is 118 cm³/mol. The number of nitrogens with zero attached hydrogens (tertiary/aromatic N) is 4. The number of carbonyl (C=O) groups excluding carboxylic acids is 2. The summed E-state index contributed by atoms with van der Waals surface area (Å²) in [4.78, 5) is 30.5. The number of imide groups is 1. The zero-order valence-electron chi connectivity index (χ0n) is 18.5. The van der Waals surface area contributed by atoms with Crippen LogP contribution < -0.4 is 9.62 Å². The fourth-order valence-corrected chi connectivity index (χ4v) is 4.53. The van der Waals surface area contributed by atoms with Gasteiger partial charge in [0, 0.05) is 20.3 Å². The van der Waals surface area contributed by atoms with Crippen molar-refractivity contribution in [3.63, 3.8) is 0 Å². The number of hydrogen-bond acceptors (Lipinski definition) is 7. The minimum absolute atomic E-state index is 0.0776. The molecule has 0 saturated carbocycles. The number of alkyl halides is 3. The lowest BCUT2D eigenvalue weighted by Crippen LogP contribution is -2.34. The van der Waals surface area contributed by atoms with Gasteiger partial charge in [0.2, 0.25) is 0 Å². The summed E-state index contributed by atoms with van der Waals surface area (Å²) in [6.07, 6.45) is 2.61. The molecule has 16 heteroatoms. The van der Waals surface area contributed by atoms with E-state index in [1.807, 2.05) is 0 Å². The van der Waals surface area contributed by atoms with Crippen LogP contribution >= 0.6 is 0 Å². The first-order valence-corrected chi connectivity index (χ1v) is 12.7. The molecule has 1 aliphatic heterocycles. The first kappa shape index (κ1) is 26.4. The van der Waals surface area contributed by atoms with Crippen molar-refractivity contribution in [3.8, 4) is 0 Å². The molecule has 1 aromatic carbocycles. The maximum absolute atomic E-state index is 13.0. The Morgan fingerprint density at radius 3 is 2.20 bits per heavy atom. The van der Waals surface area contributed by atoms with Gasteiger partial charge in [-0.3, -0.25) is 14.5 Å². The van der Waals surface area contributed by atoms with Crippen LogP contribution in [0.5, 0.6) is 0 Å². The normalized spacial score (nSPS) is 17.4. The molecular formula is C19H20F3N5O6S2. The second kappa shape index (κ2) is 9.09. The van der Waals surface area contributed by atoms with Gasteiger partial charge in [0.25, 0.3) is 15.7 Å². The molecule has 1 aromatic heterocycles. The number of pyridine rings is 1. The molecule has 3 amide bonds. The SMILES string of the molecule is CC1C(=O)N(c2ccc(S(=O)(=O)C(F)(F)F)cc2)C(=O)N1Cc1ccncc1NS(=O)(=O)N(C)C. The molecular weight excluding hydrogens is 515 g/mol. The fraction of sp³-hybridized carbons (Fsp3) is 0.316. The van der Waals surface area contributed by atoms with Gasteiger partial charge in [-0.05, 0) is 42.8 Å². The molecule has 2 aromatic rings. The Labute approximate surface area is 199 Å². The quantitative estimate of drug-likeness (QED) is 0.535. The van der Waals surface area contributed by atoms with Crippen LogP contribution in [-0.4, -0.2) is 68.6 Å². The van der Waals surface area contributed by atoms with Crippen molar-refractivity contribution in [2.24, 2.45) is 0 Å². The Morgan fingerprint density at radius 2 is 1.66 bits per heavy atom. The average molecular weight is 536 g/mol. The average Bonchev–Trinajstić information content (AvgIpc) is 2.97. The standard InChI is InChI=1S/C19H20F3N5O6S2/c1-12-17(28)27(14-4-6-15(7-5-14)34(30,31)19(20,21)22)18(29)26(12)11-13-8-9-23-10-16(13)24-35(32,33)25(2)3/h4-10,12,24H,11H2,1-3H3. The maximum atomic E-state index is 13.0. The van der Waals surface area contributed by atoms with Crippen molar-refractivity contribution in [3.05, 3.63) is 48.3 Å². The van der Waals surface area contributed by atoms with Crippen molar-refractivity contribution in [1.82, 2.24) is 14.2 Å². The van der Waals surface area contributed by atoms with Gasteiger partial charge in [-0.15, -0.1) is 0 Å². The maximum Gasteiger partial charge on any atom is 0.501 e. The molecule has 2 heterocycles. The lowest BCUT2D eigenvalue weighted by Gasteiger charge is -2.22. The van der Waals surface area contributed by atoms with E-state index in [1.54, 1.807) is 0 Å². The van der Waals surface area contributed by atoms with Crippen LogP contribution in [-0.2, 0) is 31.4 Å². The summed E-state index contributed by atoms with van der Waals surface area (Å²) in [7, 11) is -6.87. The van der Waals surface area contributed by atoms with Crippen LogP contribution in [0, 0.1) is 0 Å². The van der Waals surface area contributed by atoms with E-state index < -0.39 is 48.4 Å². The van der Waals surface area contributed by atoms with Crippen LogP contribution in [0.15, 0.2) is 47.6 Å². The number of hydrogen-bond donors (Lipinski definition) is 1. The molecule has 1 unspecified atom stereocenters. The number of carbonyl (C=O) groups is 2. The second-order valence-electron chi connectivity index (χ2n) is 7.63. The van der Waals surface area contributed by atoms with E-state index in [0.717, 1.165) is 21.3 Å². The summed E-state index contributed by atoms with van der Waals surface area (Å²) < 4.78 is 89.1. The molecule has 0 spiro atoms. The Balaban J connectivity index is 1.89. The molecule has 3 rings (SSSR count). The summed E-state index contributed by atoms with van der Waals surface area (Å²) in [5, 5.41) is 0. The van der Waals surface area contributed by atoms with E-state index in [9.17, 15) is 39.6 Å². The largest absolute Gasteiger partial charge is 0.501 e. The Hall–Kier alpha value is -3.24. The second-order valence-corrected chi connectivity index (χ2v) is 11.5. The Kier molecular flexibility index (Phi) is 6.84. The summed E-state index contributed by atoms with van der Waals surface area (Å²) in [5.41, 5.74) is -5.23. The lowest BCUT2D eigenvalue weighted by molar-refractivity contribution is -0.119. The van der Waals surface area contributed by atoms with Crippen LogP contribution in [0.2, 0.25) is 0 Å². The minimum atomic E-state index is -5.60. The van der Waals surface area contributed by atoms with Crippen molar-refractivity contribution >= 4 is 43.4 Å². The number of amides is 3. The van der Waals surface area contributed by atoms with Crippen LogP contribution in [0.25, 0.3) is 0 Å². The van der Waals surface area contributed by atoms with Gasteiger partial charge in [0.1, 0.15) is 6.04 Å². The topological polar surface area (TPSA) is 137 Å². The molecule has 0 aliphatic carbocycles. The van der Waals surface area contributed by atoms with E-state index in [4.69, 9.17) is 0 Å². The summed E-state index contributed by atoms with van der Waals surface area (Å²) >= 11 is 0. The third kappa shape index (κ3) is 4.94. The number of sulfone groups is 1. The Morgan fingerprint density at radius 1 is 1.06 bits per heavy atom. The van der Waals surface area contributed by atoms with Crippen LogP contribution in [0.1, 0.15) is 12.5 Å². The fourth-order valence-electron chi connectivity index (χ4n) is 3.13. The number of benzene rings is 1. The number of anilines is 2. The minimum Gasteiger partial charge on any atom is -0.308 e. The van der Waals surface area contributed by atoms with E-state index in [2.05, 4.69) is 9.71 Å². The molecule has 1 fully saturated rings. The highest BCUT2D eigenvalue weighted by Gasteiger charge is 2.47. The van der Waals surface area contributed by atoms with E-state index in [0.29, 0.717) is 22.6 Å². The highest BCUT2D eigenvalue weighted by molar-refractivity contribution is 7.92. The van der Waals surface area contributed by atoms with Gasteiger partial charge in [0.05, 0.1) is 29.0 Å². The van der Waals surface area contributed by atoms with Gasteiger partial charge in [-0.1, -0.05) is 0 Å². The zero-order chi connectivity index (χ0) is 26.3.